The van der Waals surface area contributed by atoms with Crippen molar-refractivity contribution in [2.24, 2.45) is 5.92 Å². The molecule has 0 atom stereocenters. The minimum Gasteiger partial charge on any atom is -0.437 e. The Labute approximate surface area is 189 Å². The molecule has 0 aliphatic carbocycles. The lowest BCUT2D eigenvalue weighted by atomic mass is 9.80. The zero-order chi connectivity index (χ0) is 22.1. The van der Waals surface area contributed by atoms with Gasteiger partial charge in [0, 0.05) is 47.5 Å². The quantitative estimate of drug-likeness (QED) is 0.356. The second kappa shape index (κ2) is 8.84. The SMILES string of the molecule is CB(O)N1CCC(CCn2ccnc2-c2cn(-c3ccc(N)cc3)c3ccccc23)CC1. The fourth-order valence-electron chi connectivity index (χ4n) is 4.88. The summed E-state index contributed by atoms with van der Waals surface area (Å²) in [6.07, 6.45) is 9.61. The molecule has 0 amide bonds. The van der Waals surface area contributed by atoms with E-state index in [1.54, 1.807) is 0 Å². The summed E-state index contributed by atoms with van der Waals surface area (Å²) in [4.78, 5) is 6.90. The summed E-state index contributed by atoms with van der Waals surface area (Å²) in [7, 11) is -0.338. The van der Waals surface area contributed by atoms with E-state index in [-0.39, 0.29) is 7.05 Å². The maximum absolute atomic E-state index is 9.80. The number of hydrogen-bond acceptors (Lipinski definition) is 4. The third kappa shape index (κ3) is 4.06. The molecule has 2 aromatic carbocycles. The van der Waals surface area contributed by atoms with Gasteiger partial charge in [0.05, 0.1) is 5.52 Å². The number of aryl methyl sites for hydroxylation is 1. The van der Waals surface area contributed by atoms with Crippen molar-refractivity contribution in [3.8, 4) is 17.1 Å². The van der Waals surface area contributed by atoms with E-state index >= 15 is 0 Å². The Morgan fingerprint density at radius 2 is 1.84 bits per heavy atom. The van der Waals surface area contributed by atoms with Crippen LogP contribution in [0, 0.1) is 5.92 Å². The number of imidazole rings is 1. The first-order valence-corrected chi connectivity index (χ1v) is 11.5. The Balaban J connectivity index is 1.40. The molecular formula is C25H30BN5O. The van der Waals surface area contributed by atoms with E-state index in [4.69, 9.17) is 10.7 Å². The molecule has 4 aromatic rings. The molecule has 0 spiro atoms. The largest absolute Gasteiger partial charge is 0.437 e. The fourth-order valence-corrected chi connectivity index (χ4v) is 4.88. The molecule has 0 bridgehead atoms. The van der Waals surface area contributed by atoms with Crippen molar-refractivity contribution in [1.29, 1.82) is 0 Å². The number of anilines is 1. The highest BCUT2D eigenvalue weighted by Gasteiger charge is 2.24. The van der Waals surface area contributed by atoms with Gasteiger partial charge in [0.2, 0.25) is 0 Å². The van der Waals surface area contributed by atoms with Crippen LogP contribution >= 0.6 is 0 Å². The van der Waals surface area contributed by atoms with Crippen LogP contribution in [0.4, 0.5) is 5.69 Å². The van der Waals surface area contributed by atoms with Crippen molar-refractivity contribution in [2.45, 2.75) is 32.6 Å². The van der Waals surface area contributed by atoms with Crippen LogP contribution in [0.5, 0.6) is 0 Å². The maximum Gasteiger partial charge on any atom is 0.376 e. The Morgan fingerprint density at radius 3 is 2.59 bits per heavy atom. The zero-order valence-electron chi connectivity index (χ0n) is 18.6. The lowest BCUT2D eigenvalue weighted by molar-refractivity contribution is 0.237. The summed E-state index contributed by atoms with van der Waals surface area (Å²) < 4.78 is 4.51. The Bertz CT molecular complexity index is 1190. The number of fused-ring (bicyclic) bond motifs is 1. The van der Waals surface area contributed by atoms with E-state index < -0.39 is 0 Å². The van der Waals surface area contributed by atoms with E-state index in [9.17, 15) is 5.02 Å². The van der Waals surface area contributed by atoms with Gasteiger partial charge in [-0.2, -0.15) is 0 Å². The zero-order valence-corrected chi connectivity index (χ0v) is 18.6. The molecule has 3 N–H and O–H groups in total. The van der Waals surface area contributed by atoms with E-state index in [2.05, 4.69) is 62.7 Å². The summed E-state index contributed by atoms with van der Waals surface area (Å²) in [5.74, 6) is 1.70. The van der Waals surface area contributed by atoms with Gasteiger partial charge >= 0.3 is 7.05 Å². The van der Waals surface area contributed by atoms with E-state index in [1.165, 1.54) is 5.39 Å². The second-order valence-corrected chi connectivity index (χ2v) is 8.87. The standard InChI is InChI=1S/C25H30BN5O/c1-26(32)30-15-11-19(12-16-30)10-14-29-17-13-28-25(29)23-18-31(21-8-6-20(27)7-9-21)24-5-3-2-4-22(23)24/h2-9,13,17-19,32H,10-12,14-16,27H2,1H3. The number of nitrogens with two attached hydrogens (primary N) is 1. The van der Waals surface area contributed by atoms with Crippen LogP contribution in [0.1, 0.15) is 19.3 Å². The highest BCUT2D eigenvalue weighted by molar-refractivity contribution is 6.45. The van der Waals surface area contributed by atoms with Crippen LogP contribution in [0.3, 0.4) is 0 Å². The van der Waals surface area contributed by atoms with Crippen molar-refractivity contribution in [2.75, 3.05) is 18.8 Å². The topological polar surface area (TPSA) is 72.2 Å². The van der Waals surface area contributed by atoms with Gasteiger partial charge in [-0.15, -0.1) is 0 Å². The normalized spacial score (nSPS) is 15.4. The molecule has 0 unspecified atom stereocenters. The fraction of sp³-hybridized carbons (Fsp3) is 0.320. The number of aromatic nitrogens is 3. The van der Waals surface area contributed by atoms with Gasteiger partial charge in [0.25, 0.3) is 0 Å². The molecular weight excluding hydrogens is 397 g/mol. The Morgan fingerprint density at radius 1 is 1.09 bits per heavy atom. The monoisotopic (exact) mass is 427 g/mol. The predicted octanol–water partition coefficient (Wildman–Crippen LogP) is 4.29. The van der Waals surface area contributed by atoms with Gasteiger partial charge in [-0.3, -0.25) is 0 Å². The number of para-hydroxylation sites is 1. The van der Waals surface area contributed by atoms with Crippen LogP contribution in [0.15, 0.2) is 67.1 Å². The van der Waals surface area contributed by atoms with Crippen LogP contribution in [-0.4, -0.2) is 44.1 Å². The molecule has 32 heavy (non-hydrogen) atoms. The van der Waals surface area contributed by atoms with Crippen LogP contribution in [0.25, 0.3) is 28.0 Å². The van der Waals surface area contributed by atoms with E-state index in [0.717, 1.165) is 67.2 Å². The lowest BCUT2D eigenvalue weighted by Crippen LogP contribution is -2.43. The van der Waals surface area contributed by atoms with Gasteiger partial charge in [0.15, 0.2) is 0 Å². The average Bonchev–Trinajstić information content (AvgIpc) is 3.43. The molecule has 1 fully saturated rings. The molecule has 7 heteroatoms. The van der Waals surface area contributed by atoms with Crippen molar-refractivity contribution >= 4 is 23.6 Å². The first kappa shape index (κ1) is 20.9. The second-order valence-electron chi connectivity index (χ2n) is 8.87. The van der Waals surface area contributed by atoms with Crippen molar-refractivity contribution in [3.05, 3.63) is 67.1 Å². The molecule has 0 saturated carbocycles. The molecule has 1 aliphatic rings. The first-order chi connectivity index (χ1) is 15.6. The molecule has 1 saturated heterocycles. The van der Waals surface area contributed by atoms with Gasteiger partial charge in [-0.25, -0.2) is 4.98 Å². The molecule has 5 rings (SSSR count). The predicted molar refractivity (Wildman–Crippen MR) is 132 cm³/mol. The molecule has 164 valence electrons. The van der Waals surface area contributed by atoms with Crippen LogP contribution in [0.2, 0.25) is 6.82 Å². The maximum atomic E-state index is 9.80. The minimum atomic E-state index is -0.338. The summed E-state index contributed by atoms with van der Waals surface area (Å²) in [5.41, 5.74) is 10.1. The number of piperidine rings is 1. The number of benzene rings is 2. The van der Waals surface area contributed by atoms with Gasteiger partial charge in [0.1, 0.15) is 5.82 Å². The minimum absolute atomic E-state index is 0.338. The van der Waals surface area contributed by atoms with Crippen molar-refractivity contribution < 1.29 is 5.02 Å². The smallest absolute Gasteiger partial charge is 0.376 e. The van der Waals surface area contributed by atoms with Gasteiger partial charge in [-0.05, 0) is 75.4 Å². The first-order valence-electron chi connectivity index (χ1n) is 11.5. The summed E-state index contributed by atoms with van der Waals surface area (Å²) in [6, 6.07) is 16.5. The Hall–Kier alpha value is -3.03. The summed E-state index contributed by atoms with van der Waals surface area (Å²) in [5, 5.41) is 11.0. The third-order valence-corrected chi connectivity index (χ3v) is 6.80. The van der Waals surface area contributed by atoms with E-state index in [1.807, 2.05) is 25.2 Å². The van der Waals surface area contributed by atoms with Gasteiger partial charge < -0.3 is 24.7 Å². The molecule has 0 radical (unpaired) electrons. The molecule has 2 aromatic heterocycles. The Kier molecular flexibility index (Phi) is 5.76. The number of nitrogen functional groups attached to an aromatic ring is 1. The lowest BCUT2D eigenvalue weighted by Gasteiger charge is -2.32. The molecule has 1 aliphatic heterocycles. The number of nitrogens with zero attached hydrogens (tertiary/aromatic N) is 4. The van der Waals surface area contributed by atoms with Crippen molar-refractivity contribution in [1.82, 2.24) is 18.9 Å². The van der Waals surface area contributed by atoms with E-state index in [0.29, 0.717) is 5.92 Å². The molecule has 3 heterocycles. The average molecular weight is 427 g/mol. The third-order valence-electron chi connectivity index (χ3n) is 6.80. The highest BCUT2D eigenvalue weighted by Crippen LogP contribution is 2.32. The number of rotatable bonds is 6. The number of hydrogen-bond donors (Lipinski definition) is 2. The van der Waals surface area contributed by atoms with Crippen LogP contribution < -0.4 is 5.73 Å². The summed E-state index contributed by atoms with van der Waals surface area (Å²) >= 11 is 0. The summed E-state index contributed by atoms with van der Waals surface area (Å²) in [6.45, 7) is 4.78. The van der Waals surface area contributed by atoms with Crippen LogP contribution in [-0.2, 0) is 6.54 Å². The highest BCUT2D eigenvalue weighted by atomic mass is 16.2. The van der Waals surface area contributed by atoms with Gasteiger partial charge in [-0.1, -0.05) is 18.2 Å². The van der Waals surface area contributed by atoms with Crippen molar-refractivity contribution in [3.63, 3.8) is 0 Å². The molecule has 6 nitrogen and oxygen atoms in total.